The van der Waals surface area contributed by atoms with Crippen molar-refractivity contribution in [2.24, 2.45) is 0 Å². The minimum atomic E-state index is -5.07. The third-order valence-corrected chi connectivity index (χ3v) is 5.61. The number of nitrogens with zero attached hydrogens (tertiary/aromatic N) is 1. The van der Waals surface area contributed by atoms with Gasteiger partial charge in [0.25, 0.3) is 5.56 Å². The fraction of sp³-hybridized carbons (Fsp3) is 0.600. The van der Waals surface area contributed by atoms with Crippen LogP contribution in [0.2, 0.25) is 0 Å². The normalized spacial score (nSPS) is 26.5. The van der Waals surface area contributed by atoms with E-state index in [1.807, 2.05) is 0 Å². The van der Waals surface area contributed by atoms with Crippen molar-refractivity contribution in [3.63, 3.8) is 0 Å². The number of aliphatic hydroxyl groups is 1. The lowest BCUT2D eigenvalue weighted by atomic mass is 10.2. The van der Waals surface area contributed by atoms with Crippen LogP contribution < -0.4 is 11.2 Å². The summed E-state index contributed by atoms with van der Waals surface area (Å²) in [7, 11) is -4.27. The summed E-state index contributed by atoms with van der Waals surface area (Å²) < 4.78 is 25.8. The molecule has 0 aromatic carbocycles. The van der Waals surface area contributed by atoms with Crippen LogP contribution in [0.1, 0.15) is 18.2 Å². The number of aromatic nitrogens is 2. The first-order chi connectivity index (χ1) is 11.4. The second-order valence-electron chi connectivity index (χ2n) is 5.34. The van der Waals surface area contributed by atoms with Gasteiger partial charge in [0.15, 0.2) is 0 Å². The minimum Gasteiger partial charge on any atom is -0.485 e. The Balaban J connectivity index is 2.06. The molecule has 0 spiro atoms. The number of nitrogens with one attached hydrogen (secondary N) is 1. The van der Waals surface area contributed by atoms with Crippen LogP contribution in [0.25, 0.3) is 0 Å². The molecule has 0 bridgehead atoms. The van der Waals surface area contributed by atoms with E-state index in [-0.39, 0.29) is 12.0 Å². The number of ether oxygens (including phenoxy) is 1. The third-order valence-electron chi connectivity index (χ3n) is 3.31. The molecule has 25 heavy (non-hydrogen) atoms. The zero-order chi connectivity index (χ0) is 19.0. The van der Waals surface area contributed by atoms with E-state index in [4.69, 9.17) is 26.2 Å². The van der Waals surface area contributed by atoms with Gasteiger partial charge in [0, 0.05) is 18.2 Å². The summed E-state index contributed by atoms with van der Waals surface area (Å²) in [5.74, 6) is 0. The smallest absolute Gasteiger partial charge is 0.473 e. The van der Waals surface area contributed by atoms with Crippen LogP contribution >= 0.6 is 15.3 Å². The largest absolute Gasteiger partial charge is 0.485 e. The molecule has 2 heterocycles. The highest BCUT2D eigenvalue weighted by Crippen LogP contribution is 2.57. The summed E-state index contributed by atoms with van der Waals surface area (Å²) in [4.78, 5) is 52.0. The standard InChI is InChI=1S/C10H16BN2O10P2/c1-5-3-13(10(16)12-9(5)15)8-2-6(14)7(22-8)4-21-24(11,17)23-25(18,19)20/h3,6-8,14,17H,2,4H2,1H3,(H,12,15,16)(H2,18,19,20)/q-1/t6-,7+,8+,24+/m0/s1. The Labute approximate surface area is 141 Å². The van der Waals surface area contributed by atoms with Crippen molar-refractivity contribution >= 4 is 22.4 Å². The number of aryl methyl sites for hydroxylation is 1. The zero-order valence-corrected chi connectivity index (χ0v) is 14.7. The lowest BCUT2D eigenvalue weighted by Gasteiger charge is -2.30. The Morgan fingerprint density at radius 2 is 2.08 bits per heavy atom. The van der Waals surface area contributed by atoms with Gasteiger partial charge in [0.05, 0.1) is 12.7 Å². The molecule has 1 fully saturated rings. The van der Waals surface area contributed by atoms with E-state index in [1.165, 1.54) is 13.1 Å². The molecule has 5 N–H and O–H groups in total. The van der Waals surface area contributed by atoms with Crippen molar-refractivity contribution < 1.29 is 37.9 Å². The van der Waals surface area contributed by atoms with E-state index in [1.54, 1.807) is 0 Å². The summed E-state index contributed by atoms with van der Waals surface area (Å²) in [5.41, 5.74) is -1.02. The highest BCUT2D eigenvalue weighted by molar-refractivity contribution is 7.71. The van der Waals surface area contributed by atoms with Crippen LogP contribution in [0.3, 0.4) is 0 Å². The van der Waals surface area contributed by atoms with Crippen LogP contribution in [-0.4, -0.2) is 55.3 Å². The quantitative estimate of drug-likeness (QED) is 0.279. The number of H-pyrrole nitrogens is 1. The maximum Gasteiger partial charge on any atom is 0.473 e. The molecule has 1 saturated heterocycles. The Morgan fingerprint density at radius 3 is 2.68 bits per heavy atom. The molecule has 0 aliphatic carbocycles. The summed E-state index contributed by atoms with van der Waals surface area (Å²) in [6.07, 6.45) is -1.86. The van der Waals surface area contributed by atoms with Crippen molar-refractivity contribution in [1.29, 1.82) is 0 Å². The maximum absolute atomic E-state index is 11.8. The van der Waals surface area contributed by atoms with Gasteiger partial charge in [0.1, 0.15) is 12.3 Å². The highest BCUT2D eigenvalue weighted by Gasteiger charge is 2.36. The first-order valence-corrected chi connectivity index (χ1v) is 10.0. The second kappa shape index (κ2) is 7.39. The fourth-order valence-electron chi connectivity index (χ4n) is 2.19. The van der Waals surface area contributed by atoms with Crippen LogP contribution in [0.5, 0.6) is 0 Å². The van der Waals surface area contributed by atoms with Crippen LogP contribution in [0, 0.1) is 6.92 Å². The summed E-state index contributed by atoms with van der Waals surface area (Å²) >= 11 is 0. The van der Waals surface area contributed by atoms with E-state index in [0.717, 1.165) is 4.57 Å². The lowest BCUT2D eigenvalue weighted by molar-refractivity contribution is -0.0428. The molecule has 2 radical (unpaired) electrons. The van der Waals surface area contributed by atoms with Gasteiger partial charge in [-0.15, -0.1) is 0 Å². The molecular weight excluding hydrogens is 381 g/mol. The number of hydrogen-bond acceptors (Lipinski definition) is 8. The van der Waals surface area contributed by atoms with Gasteiger partial charge >= 0.3 is 13.5 Å². The molecule has 1 aromatic rings. The van der Waals surface area contributed by atoms with E-state index in [0.29, 0.717) is 0 Å². The third kappa shape index (κ3) is 5.55. The van der Waals surface area contributed by atoms with Crippen LogP contribution in [0.15, 0.2) is 15.8 Å². The molecular formula is C10H16BN2O10P2-. The molecule has 0 saturated carbocycles. The van der Waals surface area contributed by atoms with Crippen molar-refractivity contribution in [2.45, 2.75) is 31.8 Å². The molecule has 2 rings (SSSR count). The molecule has 0 amide bonds. The predicted octanol–water partition coefficient (Wildman–Crippen LogP) is -1.54. The second-order valence-corrected chi connectivity index (χ2v) is 8.36. The number of aliphatic hydroxyl groups excluding tert-OH is 1. The van der Waals surface area contributed by atoms with Gasteiger partial charge in [-0.3, -0.25) is 18.7 Å². The molecule has 140 valence electrons. The zero-order valence-electron chi connectivity index (χ0n) is 12.9. The molecule has 1 aliphatic rings. The lowest BCUT2D eigenvalue weighted by Crippen LogP contribution is -2.33. The van der Waals surface area contributed by atoms with Gasteiger partial charge in [-0.1, -0.05) is 0 Å². The van der Waals surface area contributed by atoms with Gasteiger partial charge in [-0.2, -0.15) is 0 Å². The number of hydrogen-bond donors (Lipinski definition) is 5. The van der Waals surface area contributed by atoms with Crippen molar-refractivity contribution in [2.75, 3.05) is 6.61 Å². The highest BCUT2D eigenvalue weighted by atomic mass is 31.3. The first-order valence-electron chi connectivity index (χ1n) is 6.85. The minimum absolute atomic E-state index is 0.0276. The fourth-order valence-corrected chi connectivity index (χ4v) is 3.96. The van der Waals surface area contributed by atoms with Gasteiger partial charge in [0.2, 0.25) is 0 Å². The van der Waals surface area contributed by atoms with Gasteiger partial charge in [-0.05, 0) is 14.4 Å². The van der Waals surface area contributed by atoms with Crippen LogP contribution in [0.4, 0.5) is 0 Å². The molecule has 1 aromatic heterocycles. The Hall–Kier alpha value is -0.875. The average Bonchev–Trinajstić information content (AvgIpc) is 2.79. The molecule has 1 aliphatic heterocycles. The predicted molar refractivity (Wildman–Crippen MR) is 84.6 cm³/mol. The maximum atomic E-state index is 11.8. The molecule has 0 unspecified atom stereocenters. The van der Waals surface area contributed by atoms with Crippen molar-refractivity contribution in [3.8, 4) is 0 Å². The summed E-state index contributed by atoms with van der Waals surface area (Å²) in [6, 6.07) is 0. The SMILES string of the molecule is [B-]=[P@@](O)(OC[C@H]1O[C@@H](n2cc(C)c(=O)[nH]c2=O)C[C@@H]1O)OP(=O)(O)O. The monoisotopic (exact) mass is 397 g/mol. The Kier molecular flexibility index (Phi) is 6.05. The first kappa shape index (κ1) is 20.4. The number of aromatic amines is 1. The van der Waals surface area contributed by atoms with Crippen molar-refractivity contribution in [1.82, 2.24) is 9.55 Å². The molecule has 15 heteroatoms. The van der Waals surface area contributed by atoms with E-state index in [9.17, 15) is 24.2 Å². The molecule has 4 atom stereocenters. The molecule has 12 nitrogen and oxygen atoms in total. The van der Waals surface area contributed by atoms with Gasteiger partial charge in [-0.25, -0.2) is 9.36 Å². The average molecular weight is 397 g/mol. The van der Waals surface area contributed by atoms with Gasteiger partial charge < -0.3 is 36.2 Å². The van der Waals surface area contributed by atoms with E-state index in [2.05, 4.69) is 9.29 Å². The number of phosphoric acid groups is 1. The van der Waals surface area contributed by atoms with Crippen LogP contribution in [-0.2, 0) is 18.1 Å². The topological polar surface area (TPSA) is 181 Å². The van der Waals surface area contributed by atoms with E-state index < -0.39 is 51.5 Å². The number of rotatable bonds is 6. The Morgan fingerprint density at radius 1 is 1.44 bits per heavy atom. The van der Waals surface area contributed by atoms with E-state index >= 15 is 0 Å². The summed E-state index contributed by atoms with van der Waals surface area (Å²) in [6.45, 7) is 0.939. The Bertz CT molecular complexity index is 847. The summed E-state index contributed by atoms with van der Waals surface area (Å²) in [5, 5.41) is 9.97. The van der Waals surface area contributed by atoms with Crippen molar-refractivity contribution in [3.05, 3.63) is 32.6 Å².